The van der Waals surface area contributed by atoms with Crippen LogP contribution in [0.15, 0.2) is 41.6 Å². The molecule has 0 spiro atoms. The SMILES string of the molecule is CCc1cc(/C(C)=N/OCc2ccc(OC(C)C)c(C#N)c2)ccc1CN1CC(C(=O)O)C1. The van der Waals surface area contributed by atoms with E-state index in [1.54, 1.807) is 12.1 Å². The number of oxime groups is 1. The van der Waals surface area contributed by atoms with Crippen LogP contribution in [0, 0.1) is 17.2 Å². The molecule has 7 heteroatoms. The minimum Gasteiger partial charge on any atom is -0.490 e. The summed E-state index contributed by atoms with van der Waals surface area (Å²) in [6.45, 7) is 10.1. The van der Waals surface area contributed by atoms with Crippen molar-refractivity contribution in [3.63, 3.8) is 0 Å². The van der Waals surface area contributed by atoms with Crippen LogP contribution >= 0.6 is 0 Å². The van der Waals surface area contributed by atoms with Gasteiger partial charge in [-0.3, -0.25) is 9.69 Å². The van der Waals surface area contributed by atoms with Gasteiger partial charge in [-0.25, -0.2) is 0 Å². The maximum Gasteiger partial charge on any atom is 0.309 e. The van der Waals surface area contributed by atoms with Gasteiger partial charge in [-0.05, 0) is 67.6 Å². The second-order valence-corrected chi connectivity index (χ2v) is 8.63. The van der Waals surface area contributed by atoms with Gasteiger partial charge in [0.05, 0.1) is 23.3 Å². The zero-order valence-electron chi connectivity index (χ0n) is 19.7. The number of aryl methyl sites for hydroxylation is 1. The average Bonchev–Trinajstić information content (AvgIpc) is 2.76. The summed E-state index contributed by atoms with van der Waals surface area (Å²) in [5.41, 5.74) is 5.52. The van der Waals surface area contributed by atoms with Gasteiger partial charge < -0.3 is 14.7 Å². The van der Waals surface area contributed by atoms with Gasteiger partial charge in [0.15, 0.2) is 0 Å². The first-order chi connectivity index (χ1) is 15.8. The summed E-state index contributed by atoms with van der Waals surface area (Å²) in [6, 6.07) is 13.8. The number of carbonyl (C=O) groups is 1. The normalized spacial score (nSPS) is 14.6. The number of rotatable bonds is 10. The molecule has 1 saturated heterocycles. The Hall–Kier alpha value is -3.37. The molecule has 1 fully saturated rings. The van der Waals surface area contributed by atoms with Crippen LogP contribution in [0.3, 0.4) is 0 Å². The molecule has 2 aromatic rings. The summed E-state index contributed by atoms with van der Waals surface area (Å²) in [6.07, 6.45) is 0.883. The fourth-order valence-corrected chi connectivity index (χ4v) is 3.80. The third kappa shape index (κ3) is 6.33. The minimum atomic E-state index is -0.715. The van der Waals surface area contributed by atoms with Gasteiger partial charge in [0.2, 0.25) is 0 Å². The third-order valence-corrected chi connectivity index (χ3v) is 5.67. The van der Waals surface area contributed by atoms with Crippen LogP contribution in [-0.2, 0) is 29.2 Å². The van der Waals surface area contributed by atoms with Crippen LogP contribution in [0.2, 0.25) is 0 Å². The molecular weight excluding hydrogens is 418 g/mol. The topological polar surface area (TPSA) is 95.2 Å². The van der Waals surface area contributed by atoms with Crippen molar-refractivity contribution in [2.24, 2.45) is 11.1 Å². The molecule has 33 heavy (non-hydrogen) atoms. The number of carboxylic acid groups (broad SMARTS) is 1. The number of ether oxygens (including phenoxy) is 1. The van der Waals surface area contributed by atoms with Crippen molar-refractivity contribution >= 4 is 11.7 Å². The molecule has 0 unspecified atom stereocenters. The predicted octanol–water partition coefficient (Wildman–Crippen LogP) is 4.37. The van der Waals surface area contributed by atoms with E-state index in [4.69, 9.17) is 14.7 Å². The summed E-state index contributed by atoms with van der Waals surface area (Å²) in [4.78, 5) is 18.7. The second-order valence-electron chi connectivity index (χ2n) is 8.63. The number of aliphatic carboxylic acids is 1. The van der Waals surface area contributed by atoms with Gasteiger partial charge in [-0.2, -0.15) is 5.26 Å². The largest absolute Gasteiger partial charge is 0.490 e. The molecule has 7 nitrogen and oxygen atoms in total. The van der Waals surface area contributed by atoms with Crippen molar-refractivity contribution in [3.8, 4) is 11.8 Å². The fraction of sp³-hybridized carbons (Fsp3) is 0.423. The van der Waals surface area contributed by atoms with Crippen molar-refractivity contribution < 1.29 is 19.5 Å². The lowest BCUT2D eigenvalue weighted by Crippen LogP contribution is -2.49. The standard InChI is InChI=1S/C26H31N3O4/c1-5-20-11-21(7-8-22(20)13-29-14-24(15-29)26(30)31)18(4)28-32-16-19-6-9-25(33-17(2)3)23(10-19)12-27/h6-11,17,24H,5,13-16H2,1-4H3,(H,30,31)/b28-18+. The van der Waals surface area contributed by atoms with Gasteiger partial charge in [0.1, 0.15) is 18.4 Å². The van der Waals surface area contributed by atoms with Crippen molar-refractivity contribution in [3.05, 3.63) is 64.2 Å². The highest BCUT2D eigenvalue weighted by Gasteiger charge is 2.32. The maximum absolute atomic E-state index is 11.0. The first-order valence-electron chi connectivity index (χ1n) is 11.2. The number of nitriles is 1. The van der Waals surface area contributed by atoms with Crippen molar-refractivity contribution in [2.75, 3.05) is 13.1 Å². The third-order valence-electron chi connectivity index (χ3n) is 5.67. The Kier molecular flexibility index (Phi) is 8.07. The molecule has 3 rings (SSSR count). The van der Waals surface area contributed by atoms with E-state index in [1.165, 1.54) is 11.1 Å². The predicted molar refractivity (Wildman–Crippen MR) is 126 cm³/mol. The molecule has 0 aromatic heterocycles. The Labute approximate surface area is 195 Å². The van der Waals surface area contributed by atoms with E-state index >= 15 is 0 Å². The number of nitrogens with zero attached hydrogens (tertiary/aromatic N) is 3. The molecule has 0 aliphatic carbocycles. The molecule has 1 heterocycles. The Morgan fingerprint density at radius 1 is 1.24 bits per heavy atom. The molecule has 1 N–H and O–H groups in total. The molecule has 0 radical (unpaired) electrons. The van der Waals surface area contributed by atoms with Crippen molar-refractivity contribution in [1.82, 2.24) is 4.90 Å². The van der Waals surface area contributed by atoms with E-state index in [-0.39, 0.29) is 18.6 Å². The van der Waals surface area contributed by atoms with E-state index in [0.717, 1.165) is 29.8 Å². The molecular formula is C26H31N3O4. The summed E-state index contributed by atoms with van der Waals surface area (Å²) in [7, 11) is 0. The van der Waals surface area contributed by atoms with Crippen LogP contribution in [0.25, 0.3) is 0 Å². The Morgan fingerprint density at radius 3 is 2.64 bits per heavy atom. The fourth-order valence-electron chi connectivity index (χ4n) is 3.80. The van der Waals surface area contributed by atoms with Crippen LogP contribution in [-0.4, -0.2) is 40.9 Å². The summed E-state index contributed by atoms with van der Waals surface area (Å²) in [5, 5.41) is 22.7. The summed E-state index contributed by atoms with van der Waals surface area (Å²) in [5.74, 6) is -0.392. The molecule has 174 valence electrons. The van der Waals surface area contributed by atoms with Gasteiger partial charge in [-0.1, -0.05) is 30.3 Å². The summed E-state index contributed by atoms with van der Waals surface area (Å²) >= 11 is 0. The van der Waals surface area contributed by atoms with E-state index in [2.05, 4.69) is 35.2 Å². The molecule has 0 atom stereocenters. The zero-order chi connectivity index (χ0) is 24.0. The lowest BCUT2D eigenvalue weighted by Gasteiger charge is -2.37. The Balaban J connectivity index is 1.61. The van der Waals surface area contributed by atoms with Gasteiger partial charge >= 0.3 is 5.97 Å². The molecule has 0 amide bonds. The quantitative estimate of drug-likeness (QED) is 0.428. The minimum absolute atomic E-state index is 0.00147. The van der Waals surface area contributed by atoms with Gasteiger partial charge in [0.25, 0.3) is 0 Å². The highest BCUT2D eigenvalue weighted by atomic mass is 16.6. The van der Waals surface area contributed by atoms with Crippen molar-refractivity contribution in [2.45, 2.75) is 53.4 Å². The molecule has 0 saturated carbocycles. The van der Waals surface area contributed by atoms with Crippen LogP contribution in [0.4, 0.5) is 0 Å². The van der Waals surface area contributed by atoms with Crippen LogP contribution < -0.4 is 4.74 Å². The van der Waals surface area contributed by atoms with Gasteiger partial charge in [0, 0.05) is 19.6 Å². The number of carboxylic acids is 1. The molecule has 1 aliphatic heterocycles. The smallest absolute Gasteiger partial charge is 0.309 e. The van der Waals surface area contributed by atoms with E-state index in [0.29, 0.717) is 24.4 Å². The number of hydrogen-bond donors (Lipinski definition) is 1. The lowest BCUT2D eigenvalue weighted by atomic mass is 9.96. The second kappa shape index (κ2) is 11.0. The molecule has 0 bridgehead atoms. The van der Waals surface area contributed by atoms with Crippen molar-refractivity contribution in [1.29, 1.82) is 5.26 Å². The first-order valence-corrected chi connectivity index (χ1v) is 11.2. The zero-order valence-corrected chi connectivity index (χ0v) is 19.7. The van der Waals surface area contributed by atoms with Crippen LogP contribution in [0.1, 0.15) is 55.5 Å². The van der Waals surface area contributed by atoms with E-state index in [9.17, 15) is 10.1 Å². The number of likely N-dealkylation sites (tertiary alicyclic amines) is 1. The Bertz CT molecular complexity index is 1070. The average molecular weight is 450 g/mol. The molecule has 1 aliphatic rings. The summed E-state index contributed by atoms with van der Waals surface area (Å²) < 4.78 is 5.65. The van der Waals surface area contributed by atoms with E-state index < -0.39 is 5.97 Å². The highest BCUT2D eigenvalue weighted by Crippen LogP contribution is 2.23. The number of benzene rings is 2. The van der Waals surface area contributed by atoms with Crippen LogP contribution in [0.5, 0.6) is 5.75 Å². The number of hydrogen-bond acceptors (Lipinski definition) is 6. The highest BCUT2D eigenvalue weighted by molar-refractivity contribution is 5.98. The first kappa shape index (κ1) is 24.3. The monoisotopic (exact) mass is 449 g/mol. The Morgan fingerprint density at radius 2 is 2.00 bits per heavy atom. The molecule has 2 aromatic carbocycles. The maximum atomic E-state index is 11.0. The van der Waals surface area contributed by atoms with Gasteiger partial charge in [-0.15, -0.1) is 0 Å². The lowest BCUT2D eigenvalue weighted by molar-refractivity contribution is -0.147. The van der Waals surface area contributed by atoms with E-state index in [1.807, 2.05) is 32.9 Å².